The Hall–Kier alpha value is -1.33. The second-order valence-electron chi connectivity index (χ2n) is 5.81. The first kappa shape index (κ1) is 19.0. The van der Waals surface area contributed by atoms with E-state index in [-0.39, 0.29) is 12.1 Å². The predicted octanol–water partition coefficient (Wildman–Crippen LogP) is 3.50. The van der Waals surface area contributed by atoms with Gasteiger partial charge in [0.25, 0.3) is 0 Å². The van der Waals surface area contributed by atoms with E-state index in [1.165, 1.54) is 12.8 Å². The Labute approximate surface area is 153 Å². The van der Waals surface area contributed by atoms with Crippen LogP contribution in [0.15, 0.2) is 18.2 Å². The molecule has 0 saturated carbocycles. The van der Waals surface area contributed by atoms with E-state index >= 15 is 0 Å². The minimum Gasteiger partial charge on any atom is -0.469 e. The zero-order valence-corrected chi connectivity index (χ0v) is 15.7. The number of ether oxygens (including phenoxy) is 1. The van der Waals surface area contributed by atoms with Crippen LogP contribution >= 0.6 is 23.2 Å². The van der Waals surface area contributed by atoms with E-state index in [2.05, 4.69) is 40.4 Å². The monoisotopic (exact) mass is 373 g/mol. The molecule has 1 heterocycles. The number of rotatable bonds is 9. The Bertz CT molecular complexity index is 551. The fourth-order valence-electron chi connectivity index (χ4n) is 2.97. The molecule has 1 unspecified atom stereocenters. The fourth-order valence-corrected chi connectivity index (χ4v) is 3.38. The Morgan fingerprint density at radius 3 is 2.67 bits per heavy atom. The number of hydrogen-bond donors (Lipinski definition) is 1. The summed E-state index contributed by atoms with van der Waals surface area (Å²) in [6.07, 6.45) is 2.31. The third-order valence-electron chi connectivity index (χ3n) is 4.31. The number of nitrogens with zero attached hydrogens (tertiary/aromatic N) is 2. The van der Waals surface area contributed by atoms with Gasteiger partial charge in [0.1, 0.15) is 0 Å². The van der Waals surface area contributed by atoms with E-state index in [4.69, 9.17) is 27.9 Å². The average molecular weight is 374 g/mol. The molecule has 24 heavy (non-hydrogen) atoms. The van der Waals surface area contributed by atoms with Gasteiger partial charge in [-0.25, -0.2) is 0 Å². The van der Waals surface area contributed by atoms with Crippen molar-refractivity contribution in [3.05, 3.63) is 18.2 Å². The summed E-state index contributed by atoms with van der Waals surface area (Å²) in [5, 5.41) is 3.54. The Morgan fingerprint density at radius 2 is 2.04 bits per heavy atom. The van der Waals surface area contributed by atoms with Crippen LogP contribution in [0.1, 0.15) is 19.3 Å². The van der Waals surface area contributed by atoms with Crippen molar-refractivity contribution < 1.29 is 9.53 Å². The zero-order chi connectivity index (χ0) is 17.5. The number of alkyl halides is 2. The van der Waals surface area contributed by atoms with Crippen LogP contribution in [0, 0.1) is 0 Å². The number of carbonyl (C=O) groups is 1. The number of esters is 1. The molecule has 0 bridgehead atoms. The van der Waals surface area contributed by atoms with Gasteiger partial charge < -0.3 is 19.9 Å². The Morgan fingerprint density at radius 1 is 1.33 bits per heavy atom. The quantitative estimate of drug-likeness (QED) is 0.530. The van der Waals surface area contributed by atoms with E-state index < -0.39 is 0 Å². The summed E-state index contributed by atoms with van der Waals surface area (Å²) in [5.41, 5.74) is 3.39. The van der Waals surface area contributed by atoms with Gasteiger partial charge in [0.15, 0.2) is 0 Å². The van der Waals surface area contributed by atoms with Crippen LogP contribution in [0.25, 0.3) is 0 Å². The highest BCUT2D eigenvalue weighted by molar-refractivity contribution is 6.18. The minimum absolute atomic E-state index is 0.159. The molecule has 1 aliphatic heterocycles. The number of methoxy groups -OCH3 is 1. The number of anilines is 3. The molecule has 7 heteroatoms. The maximum Gasteiger partial charge on any atom is 0.305 e. The summed E-state index contributed by atoms with van der Waals surface area (Å²) in [6.45, 7) is 1.54. The second kappa shape index (κ2) is 9.23. The molecule has 1 atom stereocenters. The number of nitrogens with one attached hydrogen (secondary N) is 1. The van der Waals surface area contributed by atoms with Gasteiger partial charge >= 0.3 is 5.97 Å². The lowest BCUT2D eigenvalue weighted by atomic mass is 10.2. The van der Waals surface area contributed by atoms with Crippen LogP contribution in [0.4, 0.5) is 17.1 Å². The fraction of sp³-hybridized carbons (Fsp3) is 0.588. The lowest BCUT2D eigenvalue weighted by molar-refractivity contribution is -0.140. The normalized spacial score (nSPS) is 15.8. The molecule has 0 amide bonds. The van der Waals surface area contributed by atoms with Crippen LogP contribution in [0.5, 0.6) is 0 Å². The molecule has 134 valence electrons. The SMILES string of the molecule is COC(=O)CCCC1Nc2cc(N(CCCl)CCCl)ccc2N1C. The maximum absolute atomic E-state index is 11.2. The summed E-state index contributed by atoms with van der Waals surface area (Å²) < 4.78 is 4.69. The van der Waals surface area contributed by atoms with Gasteiger partial charge in [-0.2, -0.15) is 0 Å². The van der Waals surface area contributed by atoms with Crippen molar-refractivity contribution in [3.8, 4) is 0 Å². The number of fused-ring (bicyclic) bond motifs is 1. The molecule has 5 nitrogen and oxygen atoms in total. The molecule has 1 aliphatic rings. The van der Waals surface area contributed by atoms with Gasteiger partial charge in [0.05, 0.1) is 24.7 Å². The van der Waals surface area contributed by atoms with Crippen molar-refractivity contribution >= 4 is 46.2 Å². The van der Waals surface area contributed by atoms with Crippen molar-refractivity contribution in [3.63, 3.8) is 0 Å². The second-order valence-corrected chi connectivity index (χ2v) is 6.56. The number of halogens is 2. The summed E-state index contributed by atoms with van der Waals surface area (Å²) >= 11 is 11.8. The zero-order valence-electron chi connectivity index (χ0n) is 14.2. The van der Waals surface area contributed by atoms with Gasteiger partial charge in [-0.05, 0) is 31.0 Å². The van der Waals surface area contributed by atoms with Crippen LogP contribution < -0.4 is 15.1 Å². The van der Waals surface area contributed by atoms with Gasteiger partial charge in [-0.3, -0.25) is 4.79 Å². The van der Waals surface area contributed by atoms with Crippen molar-refractivity contribution in [2.24, 2.45) is 0 Å². The summed E-state index contributed by atoms with van der Waals surface area (Å²) in [7, 11) is 3.49. The van der Waals surface area contributed by atoms with Crippen LogP contribution in [-0.4, -0.2) is 51.1 Å². The molecule has 1 N–H and O–H groups in total. The average Bonchev–Trinajstić information content (AvgIpc) is 2.90. The predicted molar refractivity (Wildman–Crippen MR) is 102 cm³/mol. The van der Waals surface area contributed by atoms with E-state index in [0.717, 1.165) is 37.3 Å². The molecule has 0 aliphatic carbocycles. The first-order valence-corrected chi connectivity index (χ1v) is 9.24. The third kappa shape index (κ3) is 4.61. The molecule has 0 fully saturated rings. The third-order valence-corrected chi connectivity index (χ3v) is 4.65. The highest BCUT2D eigenvalue weighted by Gasteiger charge is 2.26. The lowest BCUT2D eigenvalue weighted by Gasteiger charge is -2.23. The van der Waals surface area contributed by atoms with E-state index in [1.54, 1.807) is 0 Å². The first-order chi connectivity index (χ1) is 11.6. The standard InChI is InChI=1S/C17H25Cl2N3O2/c1-21-15-7-6-13(22(10-8-18)11-9-19)12-14(15)20-16(21)4-3-5-17(23)24-2/h6-7,12,16,20H,3-5,8-11H2,1-2H3. The summed E-state index contributed by atoms with van der Waals surface area (Å²) in [6, 6.07) is 6.37. The van der Waals surface area contributed by atoms with E-state index in [1.807, 2.05) is 0 Å². The van der Waals surface area contributed by atoms with Crippen LogP contribution in [-0.2, 0) is 9.53 Å². The van der Waals surface area contributed by atoms with E-state index in [9.17, 15) is 4.79 Å². The Kier molecular flexibility index (Phi) is 7.31. The minimum atomic E-state index is -0.159. The summed E-state index contributed by atoms with van der Waals surface area (Å²) in [4.78, 5) is 15.6. The van der Waals surface area contributed by atoms with Gasteiger partial charge in [-0.15, -0.1) is 23.2 Å². The topological polar surface area (TPSA) is 44.8 Å². The molecule has 0 saturated heterocycles. The molecular weight excluding hydrogens is 349 g/mol. The van der Waals surface area contributed by atoms with Crippen molar-refractivity contribution in [1.29, 1.82) is 0 Å². The molecule has 0 aromatic heterocycles. The molecular formula is C17H25Cl2N3O2. The van der Waals surface area contributed by atoms with Crippen LogP contribution in [0.2, 0.25) is 0 Å². The Balaban J connectivity index is 2.02. The highest BCUT2D eigenvalue weighted by Crippen LogP contribution is 2.37. The smallest absolute Gasteiger partial charge is 0.305 e. The molecule has 1 aromatic carbocycles. The van der Waals surface area contributed by atoms with Crippen molar-refractivity contribution in [2.45, 2.75) is 25.4 Å². The first-order valence-electron chi connectivity index (χ1n) is 8.17. The number of hydrogen-bond acceptors (Lipinski definition) is 5. The highest BCUT2D eigenvalue weighted by atomic mass is 35.5. The molecule has 1 aromatic rings. The number of carbonyl (C=O) groups excluding carboxylic acids is 1. The number of benzene rings is 1. The molecule has 0 spiro atoms. The van der Waals surface area contributed by atoms with E-state index in [0.29, 0.717) is 18.2 Å². The summed E-state index contributed by atoms with van der Waals surface area (Å²) in [5.74, 6) is 0.975. The van der Waals surface area contributed by atoms with Gasteiger partial charge in [0, 0.05) is 44.0 Å². The molecule has 0 radical (unpaired) electrons. The van der Waals surface area contributed by atoms with Gasteiger partial charge in [-0.1, -0.05) is 0 Å². The lowest BCUT2D eigenvalue weighted by Crippen LogP contribution is -2.32. The van der Waals surface area contributed by atoms with Crippen molar-refractivity contribution in [1.82, 2.24) is 0 Å². The molecule has 2 rings (SSSR count). The van der Waals surface area contributed by atoms with Crippen molar-refractivity contribution in [2.75, 3.05) is 54.1 Å². The largest absolute Gasteiger partial charge is 0.469 e. The van der Waals surface area contributed by atoms with Gasteiger partial charge in [0.2, 0.25) is 0 Å². The van der Waals surface area contributed by atoms with Crippen LogP contribution in [0.3, 0.4) is 0 Å². The maximum atomic E-state index is 11.2.